The minimum absolute atomic E-state index is 0.135. The number of halogens is 1. The highest BCUT2D eigenvalue weighted by atomic mass is 79.9. The maximum atomic E-state index is 10.9. The van der Waals surface area contributed by atoms with Crippen molar-refractivity contribution >= 4 is 27.6 Å². The molecule has 0 radical (unpaired) electrons. The van der Waals surface area contributed by atoms with Crippen LogP contribution in [0.4, 0.5) is 5.69 Å². The lowest BCUT2D eigenvalue weighted by Gasteiger charge is -2.03. The van der Waals surface area contributed by atoms with E-state index in [0.29, 0.717) is 15.9 Å². The van der Waals surface area contributed by atoms with Crippen molar-refractivity contribution in [1.82, 2.24) is 15.0 Å². The van der Waals surface area contributed by atoms with E-state index < -0.39 is 10.9 Å². The van der Waals surface area contributed by atoms with Crippen LogP contribution in [0.5, 0.6) is 0 Å². The van der Waals surface area contributed by atoms with Gasteiger partial charge in [0.05, 0.1) is 20.8 Å². The first-order valence-corrected chi connectivity index (χ1v) is 5.81. The Kier molecular flexibility index (Phi) is 3.30. The maximum absolute atomic E-state index is 10.9. The van der Waals surface area contributed by atoms with Gasteiger partial charge in [-0.05, 0) is 35.0 Å². The second-order valence-electron chi connectivity index (χ2n) is 3.63. The van der Waals surface area contributed by atoms with Crippen molar-refractivity contribution in [3.8, 4) is 5.69 Å². The Bertz CT molecular complexity index is 682. The largest absolute Gasteiger partial charge is 0.476 e. The molecule has 19 heavy (non-hydrogen) atoms. The molecule has 0 unspecified atom stereocenters. The van der Waals surface area contributed by atoms with Crippen LogP contribution in [0.3, 0.4) is 0 Å². The Labute approximate surface area is 114 Å². The fourth-order valence-electron chi connectivity index (χ4n) is 1.54. The summed E-state index contributed by atoms with van der Waals surface area (Å²) in [6.07, 6.45) is 0. The van der Waals surface area contributed by atoms with Crippen LogP contribution in [0.1, 0.15) is 16.2 Å². The standard InChI is InChI=1S/C10H7BrN4O4/c1-5-9(10(16)17)12-13-14(5)6-2-3-7(11)8(4-6)15(18)19/h2-4H,1H3,(H,16,17). The summed E-state index contributed by atoms with van der Waals surface area (Å²) in [5.41, 5.74) is 0.339. The van der Waals surface area contributed by atoms with Crippen LogP contribution in [0.25, 0.3) is 5.69 Å². The number of hydrogen-bond donors (Lipinski definition) is 1. The number of rotatable bonds is 3. The van der Waals surface area contributed by atoms with Crippen molar-refractivity contribution in [3.05, 3.63) is 44.2 Å². The fourth-order valence-corrected chi connectivity index (χ4v) is 1.94. The van der Waals surface area contributed by atoms with E-state index in [-0.39, 0.29) is 11.4 Å². The summed E-state index contributed by atoms with van der Waals surface area (Å²) in [6.45, 7) is 1.53. The van der Waals surface area contributed by atoms with E-state index in [1.807, 2.05) is 0 Å². The summed E-state index contributed by atoms with van der Waals surface area (Å²) < 4.78 is 1.57. The quantitative estimate of drug-likeness (QED) is 0.681. The van der Waals surface area contributed by atoms with Gasteiger partial charge in [0.2, 0.25) is 0 Å². The molecule has 1 aromatic heterocycles. The maximum Gasteiger partial charge on any atom is 0.358 e. The Balaban J connectivity index is 2.57. The number of aromatic carboxylic acids is 1. The van der Waals surface area contributed by atoms with Crippen molar-refractivity contribution in [2.75, 3.05) is 0 Å². The van der Waals surface area contributed by atoms with Crippen molar-refractivity contribution in [2.24, 2.45) is 0 Å². The summed E-state index contributed by atoms with van der Waals surface area (Å²) >= 11 is 3.07. The van der Waals surface area contributed by atoms with Crippen molar-refractivity contribution in [2.45, 2.75) is 6.92 Å². The van der Waals surface area contributed by atoms with E-state index in [2.05, 4.69) is 26.2 Å². The minimum atomic E-state index is -1.20. The molecular formula is C10H7BrN4O4. The van der Waals surface area contributed by atoms with Crippen molar-refractivity contribution in [1.29, 1.82) is 0 Å². The van der Waals surface area contributed by atoms with E-state index in [1.165, 1.54) is 23.7 Å². The molecule has 2 rings (SSSR count). The SMILES string of the molecule is Cc1c(C(=O)O)nnn1-c1ccc(Br)c([N+](=O)[O-])c1. The number of carboxylic acid groups (broad SMARTS) is 1. The number of nitro benzene ring substituents is 1. The van der Waals surface area contributed by atoms with E-state index >= 15 is 0 Å². The summed E-state index contributed by atoms with van der Waals surface area (Å²) in [6, 6.07) is 4.36. The van der Waals surface area contributed by atoms with Gasteiger partial charge >= 0.3 is 5.97 Å². The molecule has 0 aliphatic heterocycles. The van der Waals surface area contributed by atoms with Crippen LogP contribution in [-0.2, 0) is 0 Å². The van der Waals surface area contributed by atoms with E-state index in [4.69, 9.17) is 5.11 Å². The molecule has 0 aliphatic rings. The molecule has 1 heterocycles. The van der Waals surface area contributed by atoms with Gasteiger partial charge in [0.1, 0.15) is 0 Å². The number of hydrogen-bond acceptors (Lipinski definition) is 5. The molecule has 0 saturated carbocycles. The van der Waals surface area contributed by atoms with Gasteiger partial charge in [-0.1, -0.05) is 5.21 Å². The predicted octanol–water partition coefficient (Wildman–Crippen LogP) is 1.94. The average molecular weight is 327 g/mol. The molecule has 0 aliphatic carbocycles. The van der Waals surface area contributed by atoms with Gasteiger partial charge in [-0.2, -0.15) is 0 Å². The number of nitro groups is 1. The third-order valence-corrected chi connectivity index (χ3v) is 3.14. The average Bonchev–Trinajstić information content (AvgIpc) is 2.71. The Morgan fingerprint density at radius 2 is 2.21 bits per heavy atom. The van der Waals surface area contributed by atoms with Gasteiger partial charge in [-0.15, -0.1) is 5.10 Å². The van der Waals surface area contributed by atoms with E-state index in [9.17, 15) is 14.9 Å². The molecule has 1 aromatic carbocycles. The van der Waals surface area contributed by atoms with Crippen LogP contribution in [-0.4, -0.2) is 31.0 Å². The number of carboxylic acids is 1. The second-order valence-corrected chi connectivity index (χ2v) is 4.49. The zero-order chi connectivity index (χ0) is 14.2. The molecule has 9 heteroatoms. The molecule has 1 N–H and O–H groups in total. The van der Waals surface area contributed by atoms with E-state index in [0.717, 1.165) is 0 Å². The van der Waals surface area contributed by atoms with Crippen molar-refractivity contribution in [3.63, 3.8) is 0 Å². The molecule has 2 aromatic rings. The summed E-state index contributed by atoms with van der Waals surface area (Å²) in [7, 11) is 0. The fraction of sp³-hybridized carbons (Fsp3) is 0.100. The molecule has 0 amide bonds. The van der Waals surface area contributed by atoms with Gasteiger partial charge in [0.15, 0.2) is 5.69 Å². The Hall–Kier alpha value is -2.29. The summed E-state index contributed by atoms with van der Waals surface area (Å²) in [5, 5.41) is 26.9. The lowest BCUT2D eigenvalue weighted by molar-refractivity contribution is -0.385. The lowest BCUT2D eigenvalue weighted by Crippen LogP contribution is -2.03. The Morgan fingerprint density at radius 1 is 1.53 bits per heavy atom. The molecule has 98 valence electrons. The zero-order valence-corrected chi connectivity index (χ0v) is 11.2. The third kappa shape index (κ3) is 2.32. The molecule has 0 fully saturated rings. The highest BCUT2D eigenvalue weighted by Crippen LogP contribution is 2.27. The number of benzene rings is 1. The third-order valence-electron chi connectivity index (χ3n) is 2.47. The van der Waals surface area contributed by atoms with Gasteiger partial charge in [0.25, 0.3) is 5.69 Å². The molecule has 0 spiro atoms. The van der Waals surface area contributed by atoms with Gasteiger partial charge in [-0.25, -0.2) is 9.48 Å². The van der Waals surface area contributed by atoms with Gasteiger partial charge in [-0.3, -0.25) is 10.1 Å². The van der Waals surface area contributed by atoms with Gasteiger partial charge in [0, 0.05) is 6.07 Å². The minimum Gasteiger partial charge on any atom is -0.476 e. The van der Waals surface area contributed by atoms with Crippen LogP contribution < -0.4 is 0 Å². The van der Waals surface area contributed by atoms with Gasteiger partial charge < -0.3 is 5.11 Å². The highest BCUT2D eigenvalue weighted by molar-refractivity contribution is 9.10. The van der Waals surface area contributed by atoms with E-state index in [1.54, 1.807) is 6.07 Å². The Morgan fingerprint density at radius 3 is 2.74 bits per heavy atom. The summed E-state index contributed by atoms with van der Waals surface area (Å²) in [4.78, 5) is 21.2. The smallest absolute Gasteiger partial charge is 0.358 e. The first-order valence-electron chi connectivity index (χ1n) is 5.01. The molecular weight excluding hydrogens is 320 g/mol. The first kappa shape index (κ1) is 13.1. The molecule has 0 atom stereocenters. The number of aromatic nitrogens is 3. The summed E-state index contributed by atoms with van der Waals surface area (Å²) in [5.74, 6) is -1.20. The molecule has 0 bridgehead atoms. The van der Waals surface area contributed by atoms with Crippen LogP contribution in [0.15, 0.2) is 22.7 Å². The number of carbonyl (C=O) groups is 1. The monoisotopic (exact) mass is 326 g/mol. The number of nitrogens with zero attached hydrogens (tertiary/aromatic N) is 4. The molecule has 8 nitrogen and oxygen atoms in total. The van der Waals surface area contributed by atoms with Crippen LogP contribution in [0, 0.1) is 17.0 Å². The second kappa shape index (κ2) is 4.76. The van der Waals surface area contributed by atoms with Crippen LogP contribution >= 0.6 is 15.9 Å². The topological polar surface area (TPSA) is 111 Å². The highest BCUT2D eigenvalue weighted by Gasteiger charge is 2.19. The lowest BCUT2D eigenvalue weighted by atomic mass is 10.2. The first-order chi connectivity index (χ1) is 8.91. The zero-order valence-electron chi connectivity index (χ0n) is 9.57. The van der Waals surface area contributed by atoms with Crippen LogP contribution in [0.2, 0.25) is 0 Å². The molecule has 0 saturated heterocycles. The van der Waals surface area contributed by atoms with Crippen molar-refractivity contribution < 1.29 is 14.8 Å². The normalized spacial score (nSPS) is 10.4. The predicted molar refractivity (Wildman–Crippen MR) is 67.4 cm³/mol.